The lowest BCUT2D eigenvalue weighted by atomic mass is 10.0. The minimum atomic E-state index is -0.358. The fraction of sp³-hybridized carbons (Fsp3) is 0.694. The molecule has 0 saturated carbocycles. The zero-order valence-electron chi connectivity index (χ0n) is 31.2. The summed E-state index contributed by atoms with van der Waals surface area (Å²) in [4.78, 5) is 37.3. The van der Waals surface area contributed by atoms with Gasteiger partial charge in [0, 0.05) is 50.9 Å². The summed E-state index contributed by atoms with van der Waals surface area (Å²) in [6.07, 6.45) is 10.9. The highest BCUT2D eigenvalue weighted by Crippen LogP contribution is 2.21. The molecule has 11 heteroatoms. The molecule has 0 aromatic carbocycles. The normalized spacial score (nSPS) is 16.5. The molecule has 47 heavy (non-hydrogen) atoms. The van der Waals surface area contributed by atoms with E-state index >= 15 is 0 Å². The number of nitrogens with zero attached hydrogens (tertiary/aromatic N) is 4. The van der Waals surface area contributed by atoms with Crippen molar-refractivity contribution in [3.63, 3.8) is 0 Å². The van der Waals surface area contributed by atoms with Gasteiger partial charge in [-0.1, -0.05) is 44.6 Å². The van der Waals surface area contributed by atoms with E-state index in [0.717, 1.165) is 43.6 Å². The van der Waals surface area contributed by atoms with Crippen molar-refractivity contribution in [1.82, 2.24) is 30.7 Å². The largest absolute Gasteiger partial charge is 0.488 e. The summed E-state index contributed by atoms with van der Waals surface area (Å²) in [5, 5.41) is 9.34. The molecule has 0 saturated heterocycles. The van der Waals surface area contributed by atoms with Gasteiger partial charge in [-0.15, -0.1) is 0 Å². The number of carbonyl (C=O) groups is 2. The maximum absolute atomic E-state index is 13.5. The molecule has 1 aliphatic rings. The number of amides is 2. The molecule has 1 heterocycles. The van der Waals surface area contributed by atoms with E-state index < -0.39 is 0 Å². The molecule has 0 aliphatic carbocycles. The number of rotatable bonds is 22. The van der Waals surface area contributed by atoms with Gasteiger partial charge >= 0.3 is 0 Å². The summed E-state index contributed by atoms with van der Waals surface area (Å²) in [5.41, 5.74) is 3.24. The van der Waals surface area contributed by atoms with Gasteiger partial charge in [0.05, 0.1) is 13.2 Å². The molecule has 11 nitrogen and oxygen atoms in total. The van der Waals surface area contributed by atoms with Crippen LogP contribution in [-0.4, -0.2) is 112 Å². The molecule has 1 unspecified atom stereocenters. The van der Waals surface area contributed by atoms with E-state index in [2.05, 4.69) is 69.6 Å². The summed E-state index contributed by atoms with van der Waals surface area (Å²) in [6.45, 7) is 20.5. The predicted octanol–water partition coefficient (Wildman–Crippen LogP) is 4.62. The van der Waals surface area contributed by atoms with Gasteiger partial charge < -0.3 is 25.0 Å². The van der Waals surface area contributed by atoms with Gasteiger partial charge in [-0.05, 0) is 92.6 Å². The van der Waals surface area contributed by atoms with Crippen LogP contribution in [0, 0.1) is 5.92 Å². The van der Waals surface area contributed by atoms with Crippen molar-refractivity contribution in [3.8, 4) is 0 Å². The zero-order valence-corrected chi connectivity index (χ0v) is 31.2. The number of carbonyl (C=O) groups excluding carboxylic acids is 2. The predicted molar refractivity (Wildman–Crippen MR) is 194 cm³/mol. The van der Waals surface area contributed by atoms with Crippen LogP contribution in [0.1, 0.15) is 81.1 Å². The Labute approximate surface area is 285 Å². The van der Waals surface area contributed by atoms with Crippen molar-refractivity contribution in [2.75, 3.05) is 67.1 Å². The van der Waals surface area contributed by atoms with Gasteiger partial charge in [0.2, 0.25) is 11.9 Å². The molecule has 3 atom stereocenters. The van der Waals surface area contributed by atoms with Gasteiger partial charge in [0.1, 0.15) is 6.29 Å². The van der Waals surface area contributed by atoms with Crippen LogP contribution in [0.2, 0.25) is 0 Å². The average Bonchev–Trinajstić information content (AvgIpc) is 3.05. The molecule has 0 radical (unpaired) electrons. The molecule has 268 valence electrons. The highest BCUT2D eigenvalue weighted by Gasteiger charge is 2.31. The third kappa shape index (κ3) is 15.2. The Morgan fingerprint density at radius 2 is 1.87 bits per heavy atom. The molecule has 0 fully saturated rings. The smallest absolute Gasteiger partial charge is 0.288 e. The van der Waals surface area contributed by atoms with E-state index in [1.54, 1.807) is 6.08 Å². The first-order chi connectivity index (χ1) is 22.4. The Balaban J connectivity index is 3.32. The number of hydrogen-bond donors (Lipinski definition) is 3. The topological polar surface area (TPSA) is 111 Å². The molecular formula is C36H65N7O4. The van der Waals surface area contributed by atoms with E-state index in [9.17, 15) is 9.59 Å². The van der Waals surface area contributed by atoms with E-state index in [1.807, 2.05) is 55.8 Å². The van der Waals surface area contributed by atoms with Crippen LogP contribution in [0.3, 0.4) is 0 Å². The van der Waals surface area contributed by atoms with Crippen molar-refractivity contribution >= 4 is 17.8 Å². The number of allylic oxidation sites excluding steroid dienone is 4. The second kappa shape index (κ2) is 23.4. The standard InChI is InChI=1S/C36H65N7O4/c1-12-27(6)18-17-19-31(13-2)43(36(41(10)11)40-34(45)32(47-16-5)20-22-37-9)24-28(7)21-23-42-25-30(26-46-15-4)29(8)38-35(42)39-33(44)14-3/h12,17-18,20,28,31,36-37H,13-16,19,21-26H2,1-11H3,(H,40,45)(H,38,39,44)/b18-17-,27-12-,32-20?/t28-,31?,36-/m1/s1. The summed E-state index contributed by atoms with van der Waals surface area (Å²) in [6, 6.07) is 0.183. The number of aliphatic imine (C=N–C) groups is 1. The average molecular weight is 660 g/mol. The summed E-state index contributed by atoms with van der Waals surface area (Å²) in [7, 11) is 5.83. The number of nitrogens with one attached hydrogen (secondary N) is 3. The monoisotopic (exact) mass is 660 g/mol. The summed E-state index contributed by atoms with van der Waals surface area (Å²) < 4.78 is 11.4. The lowest BCUT2D eigenvalue weighted by Gasteiger charge is -2.42. The van der Waals surface area contributed by atoms with Gasteiger partial charge in [0.15, 0.2) is 5.76 Å². The Morgan fingerprint density at radius 1 is 1.15 bits per heavy atom. The molecular weight excluding hydrogens is 594 g/mol. The van der Waals surface area contributed by atoms with E-state index in [0.29, 0.717) is 51.0 Å². The Hall–Kier alpha value is -2.99. The SMILES string of the molecule is C/C=C(C)\C=C/CC(CC)N(C[C@H](C)CCN1CC(COCC)=C(C)N=C1NC(=O)CC)[C@H](NC(=O)C(=CCNC)OCC)N(C)C. The number of likely N-dealkylation sites (N-methyl/N-ethyl adjacent to an activating group) is 1. The third-order valence-electron chi connectivity index (χ3n) is 8.20. The Kier molecular flexibility index (Phi) is 20.9. The maximum Gasteiger partial charge on any atom is 0.288 e. The quantitative estimate of drug-likeness (QED) is 0.0669. The highest BCUT2D eigenvalue weighted by atomic mass is 16.5. The van der Waals surface area contributed by atoms with E-state index in [-0.39, 0.29) is 30.1 Å². The molecule has 1 aliphatic heterocycles. The van der Waals surface area contributed by atoms with Crippen molar-refractivity contribution in [3.05, 3.63) is 46.9 Å². The van der Waals surface area contributed by atoms with E-state index in [4.69, 9.17) is 14.5 Å². The van der Waals surface area contributed by atoms with Crippen LogP contribution in [0.4, 0.5) is 0 Å². The highest BCUT2D eigenvalue weighted by molar-refractivity contribution is 5.97. The molecule has 0 bridgehead atoms. The van der Waals surface area contributed by atoms with Crippen LogP contribution < -0.4 is 16.0 Å². The minimum Gasteiger partial charge on any atom is -0.488 e. The maximum atomic E-state index is 13.5. The first-order valence-corrected chi connectivity index (χ1v) is 17.4. The molecule has 2 amide bonds. The first kappa shape index (κ1) is 42.0. The van der Waals surface area contributed by atoms with Crippen molar-refractivity contribution in [2.45, 2.75) is 93.4 Å². The van der Waals surface area contributed by atoms with Crippen LogP contribution in [-0.2, 0) is 19.1 Å². The van der Waals surface area contributed by atoms with Crippen LogP contribution >= 0.6 is 0 Å². The fourth-order valence-electron chi connectivity index (χ4n) is 5.19. The van der Waals surface area contributed by atoms with Crippen LogP contribution in [0.15, 0.2) is 51.9 Å². The number of ether oxygens (including phenoxy) is 2. The number of hydrogen-bond acceptors (Lipinski definition) is 9. The lowest BCUT2D eigenvalue weighted by molar-refractivity contribution is -0.126. The second-order valence-corrected chi connectivity index (χ2v) is 12.3. The van der Waals surface area contributed by atoms with Crippen molar-refractivity contribution in [1.29, 1.82) is 0 Å². The fourth-order valence-corrected chi connectivity index (χ4v) is 5.19. The van der Waals surface area contributed by atoms with Crippen LogP contribution in [0.5, 0.6) is 0 Å². The van der Waals surface area contributed by atoms with Gasteiger partial charge in [-0.25, -0.2) is 4.99 Å². The molecule has 0 aromatic heterocycles. The summed E-state index contributed by atoms with van der Waals surface area (Å²) in [5.74, 6) is 0.890. The lowest BCUT2D eigenvalue weighted by Crippen LogP contribution is -2.60. The minimum absolute atomic E-state index is 0.0548. The van der Waals surface area contributed by atoms with Crippen LogP contribution in [0.25, 0.3) is 0 Å². The zero-order chi connectivity index (χ0) is 35.4. The molecule has 1 rings (SSSR count). The Morgan fingerprint density at radius 3 is 2.45 bits per heavy atom. The summed E-state index contributed by atoms with van der Waals surface area (Å²) >= 11 is 0. The van der Waals surface area contributed by atoms with Gasteiger partial charge in [-0.3, -0.25) is 24.7 Å². The van der Waals surface area contributed by atoms with Gasteiger partial charge in [0.25, 0.3) is 5.91 Å². The van der Waals surface area contributed by atoms with Crippen molar-refractivity contribution in [2.24, 2.45) is 10.9 Å². The second-order valence-electron chi connectivity index (χ2n) is 12.3. The molecule has 0 spiro atoms. The molecule has 0 aromatic rings. The Bertz CT molecular complexity index is 1110. The molecule has 3 N–H and O–H groups in total. The van der Waals surface area contributed by atoms with E-state index in [1.165, 1.54) is 5.57 Å². The van der Waals surface area contributed by atoms with Gasteiger partial charge in [-0.2, -0.15) is 0 Å². The number of guanidine groups is 1. The third-order valence-corrected chi connectivity index (χ3v) is 8.20. The van der Waals surface area contributed by atoms with Crippen molar-refractivity contribution < 1.29 is 19.1 Å². The first-order valence-electron chi connectivity index (χ1n) is 17.4.